The zero-order valence-electron chi connectivity index (χ0n) is 11.3. The number of nitrogens with one attached hydrogen (secondary N) is 1. The van der Waals surface area contributed by atoms with Gasteiger partial charge in [0.05, 0.1) is 0 Å². The molecular formula is C13H23N3O2. The Labute approximate surface area is 108 Å². The van der Waals surface area contributed by atoms with Gasteiger partial charge in [0.2, 0.25) is 5.89 Å². The Morgan fingerprint density at radius 1 is 1.44 bits per heavy atom. The SMILES string of the molecule is CCOCc1noc(CC(NC)C2CCCC2)n1. The van der Waals surface area contributed by atoms with E-state index in [1.165, 1.54) is 25.7 Å². The van der Waals surface area contributed by atoms with Crippen molar-refractivity contribution in [2.24, 2.45) is 5.92 Å². The standard InChI is InChI=1S/C13H23N3O2/c1-3-17-9-12-15-13(18-16-12)8-11(14-2)10-6-4-5-7-10/h10-11,14H,3-9H2,1-2H3. The summed E-state index contributed by atoms with van der Waals surface area (Å²) in [6, 6.07) is 0.452. The van der Waals surface area contributed by atoms with Crippen LogP contribution in [0.3, 0.4) is 0 Å². The van der Waals surface area contributed by atoms with Gasteiger partial charge in [-0.2, -0.15) is 4.98 Å². The molecule has 18 heavy (non-hydrogen) atoms. The number of rotatable bonds is 7. The first-order valence-electron chi connectivity index (χ1n) is 6.90. The summed E-state index contributed by atoms with van der Waals surface area (Å²) in [6.45, 7) is 3.07. The van der Waals surface area contributed by atoms with E-state index in [1.54, 1.807) is 0 Å². The van der Waals surface area contributed by atoms with Gasteiger partial charge in [0.1, 0.15) is 6.61 Å². The summed E-state index contributed by atoms with van der Waals surface area (Å²) in [7, 11) is 2.01. The van der Waals surface area contributed by atoms with Crippen LogP contribution < -0.4 is 5.32 Å². The molecule has 1 aliphatic carbocycles. The quantitative estimate of drug-likeness (QED) is 0.804. The second-order valence-corrected chi connectivity index (χ2v) is 4.89. The molecule has 1 aromatic heterocycles. The van der Waals surface area contributed by atoms with Gasteiger partial charge in [-0.15, -0.1) is 0 Å². The van der Waals surface area contributed by atoms with Gasteiger partial charge >= 0.3 is 0 Å². The van der Waals surface area contributed by atoms with Crippen molar-refractivity contribution in [1.82, 2.24) is 15.5 Å². The van der Waals surface area contributed by atoms with Crippen LogP contribution in [0.4, 0.5) is 0 Å². The van der Waals surface area contributed by atoms with Crippen LogP contribution in [0.5, 0.6) is 0 Å². The summed E-state index contributed by atoms with van der Waals surface area (Å²) in [5.41, 5.74) is 0. The Balaban J connectivity index is 1.88. The highest BCUT2D eigenvalue weighted by molar-refractivity contribution is 4.91. The summed E-state index contributed by atoms with van der Waals surface area (Å²) in [5, 5.41) is 7.31. The second kappa shape index (κ2) is 6.85. The molecule has 1 aliphatic rings. The molecule has 1 N–H and O–H groups in total. The molecule has 1 aromatic rings. The van der Waals surface area contributed by atoms with E-state index in [4.69, 9.17) is 9.26 Å². The number of ether oxygens (including phenoxy) is 1. The highest BCUT2D eigenvalue weighted by Crippen LogP contribution is 2.28. The third kappa shape index (κ3) is 3.53. The van der Waals surface area contributed by atoms with Crippen molar-refractivity contribution >= 4 is 0 Å². The van der Waals surface area contributed by atoms with Gasteiger partial charge in [0.25, 0.3) is 0 Å². The van der Waals surface area contributed by atoms with Crippen molar-refractivity contribution in [3.63, 3.8) is 0 Å². The lowest BCUT2D eigenvalue weighted by Crippen LogP contribution is -2.34. The van der Waals surface area contributed by atoms with E-state index in [-0.39, 0.29) is 0 Å². The van der Waals surface area contributed by atoms with Crippen molar-refractivity contribution in [1.29, 1.82) is 0 Å². The topological polar surface area (TPSA) is 60.2 Å². The van der Waals surface area contributed by atoms with Crippen molar-refractivity contribution < 1.29 is 9.26 Å². The van der Waals surface area contributed by atoms with Crippen molar-refractivity contribution in [3.8, 4) is 0 Å². The molecule has 5 nitrogen and oxygen atoms in total. The molecule has 1 fully saturated rings. The zero-order chi connectivity index (χ0) is 12.8. The fourth-order valence-electron chi connectivity index (χ4n) is 2.68. The van der Waals surface area contributed by atoms with Gasteiger partial charge in [-0.05, 0) is 32.7 Å². The van der Waals surface area contributed by atoms with Crippen LogP contribution >= 0.6 is 0 Å². The average Bonchev–Trinajstić information content (AvgIpc) is 3.04. The van der Waals surface area contributed by atoms with Crippen LogP contribution in [0.1, 0.15) is 44.3 Å². The van der Waals surface area contributed by atoms with Crippen molar-refractivity contribution in [2.45, 2.75) is 51.7 Å². The highest BCUT2D eigenvalue weighted by atomic mass is 16.5. The summed E-state index contributed by atoms with van der Waals surface area (Å²) < 4.78 is 10.5. The van der Waals surface area contributed by atoms with E-state index in [0.29, 0.717) is 25.1 Å². The molecule has 0 radical (unpaired) electrons. The van der Waals surface area contributed by atoms with Gasteiger partial charge in [-0.1, -0.05) is 18.0 Å². The first-order chi connectivity index (χ1) is 8.83. The molecule has 102 valence electrons. The predicted octanol–water partition coefficient (Wildman–Crippen LogP) is 1.93. The van der Waals surface area contributed by atoms with Crippen LogP contribution in [0.15, 0.2) is 4.52 Å². The van der Waals surface area contributed by atoms with Gasteiger partial charge < -0.3 is 14.6 Å². The summed E-state index contributed by atoms with van der Waals surface area (Å²) in [5.74, 6) is 2.11. The molecule has 0 spiro atoms. The molecule has 2 rings (SSSR count). The molecule has 0 amide bonds. The minimum absolute atomic E-state index is 0.438. The zero-order valence-corrected chi connectivity index (χ0v) is 11.3. The molecule has 0 bridgehead atoms. The minimum Gasteiger partial charge on any atom is -0.374 e. The normalized spacial score (nSPS) is 18.3. The fraction of sp³-hybridized carbons (Fsp3) is 0.846. The molecule has 0 aromatic carbocycles. The largest absolute Gasteiger partial charge is 0.374 e. The van der Waals surface area contributed by atoms with Crippen molar-refractivity contribution in [2.75, 3.05) is 13.7 Å². The number of likely N-dealkylation sites (N-methyl/N-ethyl adjacent to an activating group) is 1. The monoisotopic (exact) mass is 253 g/mol. The molecular weight excluding hydrogens is 230 g/mol. The molecule has 0 aliphatic heterocycles. The third-order valence-corrected chi connectivity index (χ3v) is 3.68. The van der Waals surface area contributed by atoms with E-state index in [9.17, 15) is 0 Å². The first kappa shape index (κ1) is 13.5. The Morgan fingerprint density at radius 2 is 2.22 bits per heavy atom. The molecule has 1 unspecified atom stereocenters. The van der Waals surface area contributed by atoms with Gasteiger partial charge in [0.15, 0.2) is 5.82 Å². The Kier molecular flexibility index (Phi) is 5.13. The van der Waals surface area contributed by atoms with E-state index in [1.807, 2.05) is 14.0 Å². The maximum atomic E-state index is 5.27. The van der Waals surface area contributed by atoms with E-state index in [0.717, 1.165) is 18.2 Å². The lowest BCUT2D eigenvalue weighted by Gasteiger charge is -2.20. The van der Waals surface area contributed by atoms with E-state index >= 15 is 0 Å². The first-order valence-corrected chi connectivity index (χ1v) is 6.90. The molecule has 1 atom stereocenters. The number of hydrogen-bond acceptors (Lipinski definition) is 5. The molecule has 1 heterocycles. The third-order valence-electron chi connectivity index (χ3n) is 3.68. The van der Waals surface area contributed by atoms with Crippen molar-refractivity contribution in [3.05, 3.63) is 11.7 Å². The number of nitrogens with zero attached hydrogens (tertiary/aromatic N) is 2. The van der Waals surface area contributed by atoms with E-state index < -0.39 is 0 Å². The van der Waals surface area contributed by atoms with Gasteiger partial charge in [-0.3, -0.25) is 0 Å². The average molecular weight is 253 g/mol. The number of hydrogen-bond donors (Lipinski definition) is 1. The Bertz CT molecular complexity index is 348. The summed E-state index contributed by atoms with van der Waals surface area (Å²) in [6.07, 6.45) is 6.14. The maximum Gasteiger partial charge on any atom is 0.228 e. The smallest absolute Gasteiger partial charge is 0.228 e. The second-order valence-electron chi connectivity index (χ2n) is 4.89. The lowest BCUT2D eigenvalue weighted by atomic mass is 9.95. The van der Waals surface area contributed by atoms with Crippen LogP contribution in [-0.2, 0) is 17.8 Å². The predicted molar refractivity (Wildman–Crippen MR) is 68.1 cm³/mol. The molecule has 5 heteroatoms. The Morgan fingerprint density at radius 3 is 2.89 bits per heavy atom. The van der Waals surface area contributed by atoms with Gasteiger partial charge in [0, 0.05) is 19.1 Å². The van der Waals surface area contributed by atoms with E-state index in [2.05, 4.69) is 15.5 Å². The minimum atomic E-state index is 0.438. The van der Waals surface area contributed by atoms with Crippen LogP contribution in [-0.4, -0.2) is 29.8 Å². The number of aromatic nitrogens is 2. The maximum absolute atomic E-state index is 5.27. The molecule has 1 saturated carbocycles. The molecule has 0 saturated heterocycles. The summed E-state index contributed by atoms with van der Waals surface area (Å²) >= 11 is 0. The highest BCUT2D eigenvalue weighted by Gasteiger charge is 2.25. The van der Waals surface area contributed by atoms with Crippen LogP contribution in [0.2, 0.25) is 0 Å². The fourth-order valence-corrected chi connectivity index (χ4v) is 2.68. The summed E-state index contributed by atoms with van der Waals surface area (Å²) in [4.78, 5) is 4.36. The van der Waals surface area contributed by atoms with Crippen LogP contribution in [0.25, 0.3) is 0 Å². The lowest BCUT2D eigenvalue weighted by molar-refractivity contribution is 0.126. The van der Waals surface area contributed by atoms with Crippen LogP contribution in [0, 0.1) is 5.92 Å². The van der Waals surface area contributed by atoms with Gasteiger partial charge in [-0.25, -0.2) is 0 Å². The Hall–Kier alpha value is -0.940.